The molecule has 0 saturated carbocycles. The number of Topliss-reactive ketones (excluding diaryl/α,β-unsaturated/α-hetero) is 1. The molecular formula is C6H9NO6. The lowest BCUT2D eigenvalue weighted by molar-refractivity contribution is -0.757. The van der Waals surface area contributed by atoms with Crippen LogP contribution in [0.5, 0.6) is 0 Å². The van der Waals surface area contributed by atoms with Crippen molar-refractivity contribution >= 4 is 11.8 Å². The topological polar surface area (TPSA) is 95.7 Å². The third-order valence-electron chi connectivity index (χ3n) is 0.936. The average Bonchev–Trinajstić information content (AvgIpc) is 1.96. The Morgan fingerprint density at radius 1 is 1.38 bits per heavy atom. The predicted octanol–water partition coefficient (Wildman–Crippen LogP) is -0.283. The van der Waals surface area contributed by atoms with Crippen LogP contribution in [0.15, 0.2) is 0 Å². The van der Waals surface area contributed by atoms with Crippen molar-refractivity contribution in [1.29, 1.82) is 0 Å². The van der Waals surface area contributed by atoms with Crippen LogP contribution in [0.2, 0.25) is 0 Å². The van der Waals surface area contributed by atoms with Crippen LogP contribution in [0.3, 0.4) is 0 Å². The Morgan fingerprint density at radius 2 is 2.00 bits per heavy atom. The minimum atomic E-state index is -0.987. The Labute approximate surface area is 73.7 Å². The summed E-state index contributed by atoms with van der Waals surface area (Å²) >= 11 is 0. The zero-order chi connectivity index (χ0) is 10.3. The van der Waals surface area contributed by atoms with E-state index in [2.05, 4.69) is 9.57 Å². The SMILES string of the molecule is CC(=O)CC(=O)OCCO[N+](=O)[O-]. The molecule has 7 nitrogen and oxygen atoms in total. The molecule has 0 aromatic heterocycles. The summed E-state index contributed by atoms with van der Waals surface area (Å²) in [6.45, 7) is 0.693. The Hall–Kier alpha value is -1.66. The standard InChI is InChI=1S/C6H9NO6/c1-5(8)4-6(9)12-2-3-13-7(10)11/h2-4H2,1H3. The van der Waals surface area contributed by atoms with Crippen LogP contribution in [-0.4, -0.2) is 30.1 Å². The molecule has 0 bridgehead atoms. The van der Waals surface area contributed by atoms with E-state index in [-0.39, 0.29) is 25.4 Å². The van der Waals surface area contributed by atoms with Gasteiger partial charge in [0.2, 0.25) is 0 Å². The van der Waals surface area contributed by atoms with Gasteiger partial charge in [-0.3, -0.25) is 9.59 Å². The van der Waals surface area contributed by atoms with Gasteiger partial charge in [-0.25, -0.2) is 0 Å². The van der Waals surface area contributed by atoms with Gasteiger partial charge in [-0.1, -0.05) is 0 Å². The van der Waals surface area contributed by atoms with E-state index in [0.29, 0.717) is 0 Å². The van der Waals surface area contributed by atoms with Crippen LogP contribution >= 0.6 is 0 Å². The largest absolute Gasteiger partial charge is 0.463 e. The zero-order valence-electron chi connectivity index (χ0n) is 7.02. The van der Waals surface area contributed by atoms with E-state index < -0.39 is 11.1 Å². The van der Waals surface area contributed by atoms with Crippen LogP contribution in [0.1, 0.15) is 13.3 Å². The van der Waals surface area contributed by atoms with Crippen molar-refractivity contribution in [3.05, 3.63) is 10.1 Å². The molecular weight excluding hydrogens is 182 g/mol. The molecule has 0 spiro atoms. The third kappa shape index (κ3) is 8.24. The lowest BCUT2D eigenvalue weighted by Gasteiger charge is -2.01. The first-order valence-electron chi connectivity index (χ1n) is 3.44. The summed E-state index contributed by atoms with van der Waals surface area (Å²) in [5.74, 6) is -1.03. The second-order valence-corrected chi connectivity index (χ2v) is 2.16. The maximum absolute atomic E-state index is 10.6. The van der Waals surface area contributed by atoms with Gasteiger partial charge in [-0.05, 0) is 6.92 Å². The van der Waals surface area contributed by atoms with Gasteiger partial charge in [0.25, 0.3) is 5.09 Å². The van der Waals surface area contributed by atoms with Gasteiger partial charge in [0.15, 0.2) is 0 Å². The molecule has 0 rings (SSSR count). The van der Waals surface area contributed by atoms with Gasteiger partial charge in [0.05, 0.1) is 0 Å². The molecule has 0 unspecified atom stereocenters. The van der Waals surface area contributed by atoms with E-state index in [0.717, 1.165) is 0 Å². The van der Waals surface area contributed by atoms with Crippen molar-refractivity contribution in [3.63, 3.8) is 0 Å². The smallest absolute Gasteiger partial charge is 0.313 e. The molecule has 0 aliphatic rings. The number of ketones is 1. The normalized spacial score (nSPS) is 9.00. The lowest BCUT2D eigenvalue weighted by Crippen LogP contribution is -2.14. The molecule has 0 N–H and O–H groups in total. The second-order valence-electron chi connectivity index (χ2n) is 2.16. The van der Waals surface area contributed by atoms with E-state index in [9.17, 15) is 19.7 Å². The first-order valence-corrected chi connectivity index (χ1v) is 3.44. The molecule has 0 radical (unpaired) electrons. The first kappa shape index (κ1) is 11.3. The molecule has 0 amide bonds. The monoisotopic (exact) mass is 191 g/mol. The lowest BCUT2D eigenvalue weighted by atomic mass is 10.3. The fourth-order valence-electron chi connectivity index (χ4n) is 0.522. The highest BCUT2D eigenvalue weighted by molar-refractivity contribution is 5.94. The number of ether oxygens (including phenoxy) is 1. The van der Waals surface area contributed by atoms with Gasteiger partial charge >= 0.3 is 5.97 Å². The van der Waals surface area contributed by atoms with Gasteiger partial charge in [-0.15, -0.1) is 10.1 Å². The van der Waals surface area contributed by atoms with Crippen LogP contribution in [-0.2, 0) is 19.2 Å². The van der Waals surface area contributed by atoms with Crippen molar-refractivity contribution in [2.75, 3.05) is 13.2 Å². The van der Waals surface area contributed by atoms with E-state index in [1.165, 1.54) is 6.92 Å². The predicted molar refractivity (Wildman–Crippen MR) is 39.2 cm³/mol. The van der Waals surface area contributed by atoms with E-state index in [1.54, 1.807) is 0 Å². The number of esters is 1. The number of nitrogens with zero attached hydrogens (tertiary/aromatic N) is 1. The minimum Gasteiger partial charge on any atom is -0.463 e. The van der Waals surface area contributed by atoms with Gasteiger partial charge < -0.3 is 9.57 Å². The highest BCUT2D eigenvalue weighted by Gasteiger charge is 2.05. The van der Waals surface area contributed by atoms with Crippen LogP contribution < -0.4 is 0 Å². The number of carbonyl (C=O) groups excluding carboxylic acids is 2. The van der Waals surface area contributed by atoms with Crippen molar-refractivity contribution < 1.29 is 24.3 Å². The fourth-order valence-corrected chi connectivity index (χ4v) is 0.522. The fraction of sp³-hybridized carbons (Fsp3) is 0.667. The highest BCUT2D eigenvalue weighted by Crippen LogP contribution is 1.88. The van der Waals surface area contributed by atoms with Crippen LogP contribution in [0, 0.1) is 10.1 Å². The molecule has 0 saturated heterocycles. The quantitative estimate of drug-likeness (QED) is 0.188. The van der Waals surface area contributed by atoms with Crippen molar-refractivity contribution in [2.24, 2.45) is 0 Å². The number of carbonyl (C=O) groups is 2. The Balaban J connectivity index is 3.37. The van der Waals surface area contributed by atoms with Crippen LogP contribution in [0.4, 0.5) is 0 Å². The highest BCUT2D eigenvalue weighted by atomic mass is 17.0. The summed E-state index contributed by atoms with van der Waals surface area (Å²) < 4.78 is 4.41. The number of rotatable bonds is 6. The Bertz CT molecular complexity index is 213. The molecule has 0 atom stereocenters. The summed E-state index contributed by atoms with van der Waals surface area (Å²) in [6.07, 6.45) is -0.321. The molecule has 13 heavy (non-hydrogen) atoms. The van der Waals surface area contributed by atoms with Crippen LogP contribution in [0.25, 0.3) is 0 Å². The maximum Gasteiger partial charge on any atom is 0.313 e. The summed E-state index contributed by atoms with van der Waals surface area (Å²) in [5, 5.41) is 8.62. The summed E-state index contributed by atoms with van der Waals surface area (Å²) in [5.41, 5.74) is 0. The molecule has 7 heteroatoms. The number of hydrogen-bond acceptors (Lipinski definition) is 6. The van der Waals surface area contributed by atoms with Crippen molar-refractivity contribution in [1.82, 2.24) is 0 Å². The van der Waals surface area contributed by atoms with E-state index >= 15 is 0 Å². The molecule has 0 aliphatic heterocycles. The van der Waals surface area contributed by atoms with E-state index in [1.807, 2.05) is 0 Å². The summed E-state index contributed by atoms with van der Waals surface area (Å²) in [4.78, 5) is 34.5. The zero-order valence-corrected chi connectivity index (χ0v) is 7.02. The summed E-state index contributed by atoms with van der Waals surface area (Å²) in [6, 6.07) is 0. The second kappa shape index (κ2) is 5.92. The molecule has 74 valence electrons. The third-order valence-corrected chi connectivity index (χ3v) is 0.936. The van der Waals surface area contributed by atoms with Gasteiger partial charge in [0.1, 0.15) is 25.4 Å². The first-order chi connectivity index (χ1) is 6.02. The number of hydrogen-bond donors (Lipinski definition) is 0. The van der Waals surface area contributed by atoms with Gasteiger partial charge in [-0.2, -0.15) is 0 Å². The molecule has 0 aromatic rings. The maximum atomic E-state index is 10.6. The summed E-state index contributed by atoms with van der Waals surface area (Å²) in [7, 11) is 0. The van der Waals surface area contributed by atoms with E-state index in [4.69, 9.17) is 0 Å². The van der Waals surface area contributed by atoms with Crippen molar-refractivity contribution in [2.45, 2.75) is 13.3 Å². The Morgan fingerprint density at radius 3 is 2.46 bits per heavy atom. The van der Waals surface area contributed by atoms with Gasteiger partial charge in [0, 0.05) is 0 Å². The molecule has 0 fully saturated rings. The van der Waals surface area contributed by atoms with Crippen molar-refractivity contribution in [3.8, 4) is 0 Å². The molecule has 0 aromatic carbocycles. The average molecular weight is 191 g/mol. The minimum absolute atomic E-state index is 0.229. The Kier molecular flexibility index (Phi) is 5.17. The molecule has 0 heterocycles. The molecule has 0 aliphatic carbocycles.